The molecule has 0 aliphatic rings. The van der Waals surface area contributed by atoms with Crippen molar-refractivity contribution in [3.8, 4) is 5.69 Å². The SMILES string of the molecule is O=C(OCc1nc(Cl)ccc1Cl)c1cccc(-n2[nH]c(=O)ccc2=O)c1. The van der Waals surface area contributed by atoms with E-state index in [9.17, 15) is 14.4 Å². The standard InChI is InChI=1S/C17H11Cl2N3O4/c18-12-4-5-14(19)20-13(12)9-26-17(25)10-2-1-3-11(8-10)22-16(24)7-6-15(23)21-22/h1-8H,9H2,(H,21,23). The molecule has 0 saturated carbocycles. The van der Waals surface area contributed by atoms with E-state index in [-0.39, 0.29) is 17.3 Å². The number of hydrogen-bond acceptors (Lipinski definition) is 5. The zero-order valence-electron chi connectivity index (χ0n) is 13.1. The molecule has 0 unspecified atom stereocenters. The van der Waals surface area contributed by atoms with Gasteiger partial charge < -0.3 is 4.74 Å². The van der Waals surface area contributed by atoms with Crippen molar-refractivity contribution in [1.29, 1.82) is 0 Å². The monoisotopic (exact) mass is 391 g/mol. The number of nitrogens with one attached hydrogen (secondary N) is 1. The average molecular weight is 392 g/mol. The predicted molar refractivity (Wildman–Crippen MR) is 96.0 cm³/mol. The van der Waals surface area contributed by atoms with Crippen LogP contribution in [0.15, 0.2) is 58.1 Å². The van der Waals surface area contributed by atoms with Gasteiger partial charge in [0, 0.05) is 12.1 Å². The van der Waals surface area contributed by atoms with Crippen LogP contribution in [0.4, 0.5) is 0 Å². The molecular weight excluding hydrogens is 381 g/mol. The Hall–Kier alpha value is -2.90. The molecule has 0 aliphatic carbocycles. The molecule has 0 aliphatic heterocycles. The molecule has 0 bridgehead atoms. The third kappa shape index (κ3) is 4.01. The molecule has 3 rings (SSSR count). The largest absolute Gasteiger partial charge is 0.456 e. The van der Waals surface area contributed by atoms with Crippen LogP contribution in [0.25, 0.3) is 5.69 Å². The van der Waals surface area contributed by atoms with Crippen molar-refractivity contribution in [2.75, 3.05) is 0 Å². The molecule has 2 aromatic heterocycles. The van der Waals surface area contributed by atoms with Crippen molar-refractivity contribution in [1.82, 2.24) is 14.8 Å². The molecule has 0 fully saturated rings. The summed E-state index contributed by atoms with van der Waals surface area (Å²) in [6, 6.07) is 11.4. The van der Waals surface area contributed by atoms with Gasteiger partial charge in [0.2, 0.25) is 0 Å². The van der Waals surface area contributed by atoms with Crippen molar-refractivity contribution in [2.24, 2.45) is 0 Å². The maximum absolute atomic E-state index is 12.3. The van der Waals surface area contributed by atoms with Crippen molar-refractivity contribution >= 4 is 29.2 Å². The van der Waals surface area contributed by atoms with Gasteiger partial charge in [-0.1, -0.05) is 29.3 Å². The van der Waals surface area contributed by atoms with Gasteiger partial charge in [-0.3, -0.25) is 14.7 Å². The topological polar surface area (TPSA) is 94.0 Å². The van der Waals surface area contributed by atoms with Gasteiger partial charge >= 0.3 is 5.97 Å². The molecule has 0 spiro atoms. The number of H-pyrrole nitrogens is 1. The first kappa shape index (κ1) is 17.9. The Morgan fingerprint density at radius 1 is 1.12 bits per heavy atom. The summed E-state index contributed by atoms with van der Waals surface area (Å²) in [5, 5.41) is 2.94. The first-order valence-electron chi connectivity index (χ1n) is 7.35. The lowest BCUT2D eigenvalue weighted by Gasteiger charge is -2.08. The molecule has 9 heteroatoms. The number of benzene rings is 1. The van der Waals surface area contributed by atoms with Crippen LogP contribution in [-0.2, 0) is 11.3 Å². The fourth-order valence-corrected chi connectivity index (χ4v) is 2.49. The average Bonchev–Trinajstić information content (AvgIpc) is 2.64. The molecule has 0 amide bonds. The smallest absolute Gasteiger partial charge is 0.338 e. The second-order valence-corrected chi connectivity index (χ2v) is 5.97. The van der Waals surface area contributed by atoms with Gasteiger partial charge in [0.15, 0.2) is 0 Å². The summed E-state index contributed by atoms with van der Waals surface area (Å²) in [6.07, 6.45) is 0. The molecule has 2 heterocycles. The molecule has 1 N–H and O–H groups in total. The van der Waals surface area contributed by atoms with Gasteiger partial charge in [0.25, 0.3) is 11.1 Å². The van der Waals surface area contributed by atoms with Crippen LogP contribution in [0.1, 0.15) is 16.1 Å². The van der Waals surface area contributed by atoms with E-state index in [1.54, 1.807) is 18.2 Å². The minimum Gasteiger partial charge on any atom is -0.456 e. The van der Waals surface area contributed by atoms with E-state index < -0.39 is 17.1 Å². The normalized spacial score (nSPS) is 10.5. The van der Waals surface area contributed by atoms with Gasteiger partial charge in [-0.15, -0.1) is 0 Å². The third-order valence-electron chi connectivity index (χ3n) is 3.38. The molecular formula is C17H11Cl2N3O4. The summed E-state index contributed by atoms with van der Waals surface area (Å²) in [5.74, 6) is -0.643. The highest BCUT2D eigenvalue weighted by atomic mass is 35.5. The zero-order valence-corrected chi connectivity index (χ0v) is 14.6. The maximum atomic E-state index is 12.3. The highest BCUT2D eigenvalue weighted by Crippen LogP contribution is 2.18. The van der Waals surface area contributed by atoms with Crippen LogP contribution >= 0.6 is 23.2 Å². The van der Waals surface area contributed by atoms with E-state index >= 15 is 0 Å². The van der Waals surface area contributed by atoms with Gasteiger partial charge in [0.05, 0.1) is 22.0 Å². The Labute approximate surface area is 156 Å². The molecule has 132 valence electrons. The summed E-state index contributed by atoms with van der Waals surface area (Å²) in [4.78, 5) is 39.6. The number of rotatable bonds is 4. The minimum atomic E-state index is -0.643. The number of ether oxygens (including phenoxy) is 1. The number of aromatic nitrogens is 3. The van der Waals surface area contributed by atoms with E-state index in [2.05, 4.69) is 10.1 Å². The molecule has 0 radical (unpaired) electrons. The van der Waals surface area contributed by atoms with Crippen molar-refractivity contribution < 1.29 is 9.53 Å². The van der Waals surface area contributed by atoms with Crippen LogP contribution < -0.4 is 11.1 Å². The highest BCUT2D eigenvalue weighted by Gasteiger charge is 2.12. The number of carbonyl (C=O) groups excluding carboxylic acids is 1. The first-order valence-corrected chi connectivity index (χ1v) is 8.10. The number of halogens is 2. The van der Waals surface area contributed by atoms with E-state index in [0.29, 0.717) is 16.4 Å². The van der Waals surface area contributed by atoms with Gasteiger partial charge in [-0.2, -0.15) is 0 Å². The Bertz CT molecular complexity index is 1090. The van der Waals surface area contributed by atoms with Crippen LogP contribution in [0.3, 0.4) is 0 Å². The summed E-state index contributed by atoms with van der Waals surface area (Å²) >= 11 is 11.8. The summed E-state index contributed by atoms with van der Waals surface area (Å²) < 4.78 is 6.23. The Balaban J connectivity index is 1.82. The molecule has 3 aromatic rings. The number of carbonyl (C=O) groups is 1. The first-order chi connectivity index (χ1) is 12.4. The Morgan fingerprint density at radius 2 is 1.92 bits per heavy atom. The third-order valence-corrected chi connectivity index (χ3v) is 3.94. The van der Waals surface area contributed by atoms with E-state index in [4.69, 9.17) is 27.9 Å². The van der Waals surface area contributed by atoms with Crippen LogP contribution in [0.5, 0.6) is 0 Å². The van der Waals surface area contributed by atoms with Crippen LogP contribution in [-0.4, -0.2) is 20.7 Å². The molecule has 1 aromatic carbocycles. The number of esters is 1. The Morgan fingerprint density at radius 3 is 2.73 bits per heavy atom. The van der Waals surface area contributed by atoms with E-state index in [0.717, 1.165) is 16.8 Å². The second kappa shape index (κ2) is 7.55. The lowest BCUT2D eigenvalue weighted by molar-refractivity contribution is 0.0468. The van der Waals surface area contributed by atoms with Gasteiger partial charge in [-0.05, 0) is 30.3 Å². The van der Waals surface area contributed by atoms with Crippen LogP contribution in [0, 0.1) is 0 Å². The highest BCUT2D eigenvalue weighted by molar-refractivity contribution is 6.32. The van der Waals surface area contributed by atoms with Crippen molar-refractivity contribution in [3.05, 3.63) is 90.7 Å². The summed E-state index contributed by atoms with van der Waals surface area (Å²) in [7, 11) is 0. The number of aromatic amines is 1. The quantitative estimate of drug-likeness (QED) is 0.544. The number of hydrogen-bond donors (Lipinski definition) is 1. The fraction of sp³-hybridized carbons (Fsp3) is 0.0588. The lowest BCUT2D eigenvalue weighted by Crippen LogP contribution is -2.26. The minimum absolute atomic E-state index is 0.162. The van der Waals surface area contributed by atoms with E-state index in [1.807, 2.05) is 0 Å². The lowest BCUT2D eigenvalue weighted by atomic mass is 10.2. The fourth-order valence-electron chi connectivity index (χ4n) is 2.16. The van der Waals surface area contributed by atoms with Gasteiger partial charge in [0.1, 0.15) is 11.8 Å². The molecule has 0 atom stereocenters. The van der Waals surface area contributed by atoms with Crippen LogP contribution in [0.2, 0.25) is 10.2 Å². The second-order valence-electron chi connectivity index (χ2n) is 5.17. The maximum Gasteiger partial charge on any atom is 0.338 e. The predicted octanol–water partition coefficient (Wildman–Crippen LogP) is 2.58. The summed E-state index contributed by atoms with van der Waals surface area (Å²) in [6.45, 7) is -0.162. The number of pyridine rings is 1. The molecule has 7 nitrogen and oxygen atoms in total. The van der Waals surface area contributed by atoms with E-state index in [1.165, 1.54) is 18.2 Å². The zero-order chi connectivity index (χ0) is 18.7. The van der Waals surface area contributed by atoms with Gasteiger partial charge in [-0.25, -0.2) is 14.5 Å². The van der Waals surface area contributed by atoms with Crippen molar-refractivity contribution in [3.63, 3.8) is 0 Å². The Kier molecular flexibility index (Phi) is 5.20. The number of nitrogens with zero attached hydrogens (tertiary/aromatic N) is 2. The van der Waals surface area contributed by atoms with Crippen molar-refractivity contribution in [2.45, 2.75) is 6.61 Å². The molecule has 0 saturated heterocycles. The molecule has 26 heavy (non-hydrogen) atoms. The summed E-state index contributed by atoms with van der Waals surface area (Å²) in [5.41, 5.74) is -0.0464.